The normalized spacial score (nSPS) is 15.0. The maximum atomic E-state index is 11.7. The van der Waals surface area contributed by atoms with E-state index < -0.39 is 0 Å². The Bertz CT molecular complexity index is 369. The second-order valence-corrected chi connectivity index (χ2v) is 4.03. The van der Waals surface area contributed by atoms with Crippen LogP contribution in [0.25, 0.3) is 0 Å². The zero-order valence-electron chi connectivity index (χ0n) is 10.0. The molecule has 1 fully saturated rings. The lowest BCUT2D eigenvalue weighted by atomic mass is 10.1. The second kappa shape index (κ2) is 5.68. The van der Waals surface area contributed by atoms with Crippen molar-refractivity contribution in [2.75, 3.05) is 20.3 Å². The summed E-state index contributed by atoms with van der Waals surface area (Å²) in [6, 6.07) is 7.78. The summed E-state index contributed by atoms with van der Waals surface area (Å²) in [6.45, 7) is 1.38. The van der Waals surface area contributed by atoms with E-state index in [0.29, 0.717) is 13.0 Å². The van der Waals surface area contributed by atoms with Gasteiger partial charge in [0.05, 0.1) is 20.3 Å². The van der Waals surface area contributed by atoms with E-state index in [4.69, 9.17) is 9.57 Å². The number of amides is 1. The highest BCUT2D eigenvalue weighted by Crippen LogP contribution is 2.14. The van der Waals surface area contributed by atoms with Gasteiger partial charge in [0.25, 0.3) is 0 Å². The molecule has 1 saturated heterocycles. The fourth-order valence-electron chi connectivity index (χ4n) is 1.81. The summed E-state index contributed by atoms with van der Waals surface area (Å²) in [5.41, 5.74) is 1.14. The maximum Gasteiger partial charge on any atom is 0.246 e. The summed E-state index contributed by atoms with van der Waals surface area (Å²) in [5, 5.41) is 1.48. The Labute approximate surface area is 101 Å². The highest BCUT2D eigenvalue weighted by molar-refractivity contribution is 5.75. The molecular formula is C13H17NO3. The van der Waals surface area contributed by atoms with Crippen LogP contribution in [0.4, 0.5) is 0 Å². The Kier molecular flexibility index (Phi) is 3.98. The molecule has 1 aromatic rings. The number of benzene rings is 1. The van der Waals surface area contributed by atoms with E-state index in [1.165, 1.54) is 5.06 Å². The number of hydroxylamine groups is 2. The summed E-state index contributed by atoms with van der Waals surface area (Å²) >= 11 is 0. The second-order valence-electron chi connectivity index (χ2n) is 4.03. The van der Waals surface area contributed by atoms with Gasteiger partial charge in [-0.2, -0.15) is 0 Å². The molecule has 0 bridgehead atoms. The van der Waals surface area contributed by atoms with Crippen LogP contribution in [0.1, 0.15) is 18.4 Å². The molecule has 1 aliphatic heterocycles. The van der Waals surface area contributed by atoms with Crippen LogP contribution in [-0.2, 0) is 16.1 Å². The van der Waals surface area contributed by atoms with E-state index in [-0.39, 0.29) is 5.91 Å². The van der Waals surface area contributed by atoms with Crippen molar-refractivity contribution in [3.05, 3.63) is 29.8 Å². The number of carbonyl (C=O) groups is 1. The summed E-state index contributed by atoms with van der Waals surface area (Å²) < 4.78 is 5.08. The van der Waals surface area contributed by atoms with Gasteiger partial charge in [0.2, 0.25) is 5.91 Å². The molecule has 2 rings (SSSR count). The number of hydrogen-bond donors (Lipinski definition) is 0. The van der Waals surface area contributed by atoms with E-state index in [1.54, 1.807) is 7.11 Å². The van der Waals surface area contributed by atoms with Crippen LogP contribution < -0.4 is 4.74 Å². The lowest BCUT2D eigenvalue weighted by Crippen LogP contribution is -2.26. The molecule has 0 unspecified atom stereocenters. The molecule has 1 aliphatic rings. The molecule has 1 heterocycles. The Hall–Kier alpha value is -1.55. The minimum atomic E-state index is 0.0679. The van der Waals surface area contributed by atoms with E-state index in [0.717, 1.165) is 30.7 Å². The Morgan fingerprint density at radius 1 is 1.41 bits per heavy atom. The number of methoxy groups -OCH3 is 1. The molecule has 0 aliphatic carbocycles. The zero-order valence-corrected chi connectivity index (χ0v) is 10.0. The summed E-state index contributed by atoms with van der Waals surface area (Å²) in [7, 11) is 1.64. The fraction of sp³-hybridized carbons (Fsp3) is 0.462. The first-order valence-corrected chi connectivity index (χ1v) is 5.86. The highest BCUT2D eigenvalue weighted by Gasteiger charge is 2.18. The van der Waals surface area contributed by atoms with E-state index in [1.807, 2.05) is 24.3 Å². The largest absolute Gasteiger partial charge is 0.497 e. The first-order valence-electron chi connectivity index (χ1n) is 5.86. The fourth-order valence-corrected chi connectivity index (χ4v) is 1.81. The minimum absolute atomic E-state index is 0.0679. The molecule has 0 spiro atoms. The standard InChI is InChI=1S/C13H17NO3/c1-16-12-6-3-11(4-7-12)5-8-13(15)14-9-2-10-17-14/h3-4,6-7H,2,5,8-10H2,1H3. The van der Waals surface area contributed by atoms with Gasteiger partial charge in [-0.25, -0.2) is 5.06 Å². The van der Waals surface area contributed by atoms with Gasteiger partial charge in [0.1, 0.15) is 5.75 Å². The van der Waals surface area contributed by atoms with Crippen molar-refractivity contribution in [3.63, 3.8) is 0 Å². The number of carbonyl (C=O) groups excluding carboxylic acids is 1. The van der Waals surface area contributed by atoms with Crippen LogP contribution in [0.3, 0.4) is 0 Å². The van der Waals surface area contributed by atoms with Gasteiger partial charge in [0, 0.05) is 6.42 Å². The third-order valence-electron chi connectivity index (χ3n) is 2.82. The van der Waals surface area contributed by atoms with Gasteiger partial charge in [-0.05, 0) is 30.5 Å². The Morgan fingerprint density at radius 3 is 2.76 bits per heavy atom. The highest BCUT2D eigenvalue weighted by atomic mass is 16.7. The zero-order chi connectivity index (χ0) is 12.1. The minimum Gasteiger partial charge on any atom is -0.497 e. The molecule has 17 heavy (non-hydrogen) atoms. The summed E-state index contributed by atoms with van der Waals surface area (Å²) in [4.78, 5) is 16.9. The van der Waals surface area contributed by atoms with E-state index in [2.05, 4.69) is 0 Å². The number of ether oxygens (including phenoxy) is 1. The van der Waals surface area contributed by atoms with Crippen LogP contribution in [0, 0.1) is 0 Å². The van der Waals surface area contributed by atoms with Gasteiger partial charge in [-0.1, -0.05) is 12.1 Å². The van der Waals surface area contributed by atoms with Crippen LogP contribution in [0.5, 0.6) is 5.75 Å². The third kappa shape index (κ3) is 3.20. The quantitative estimate of drug-likeness (QED) is 0.798. The number of aryl methyl sites for hydroxylation is 1. The molecular weight excluding hydrogens is 218 g/mol. The predicted octanol–water partition coefficient (Wildman–Crippen LogP) is 1.79. The van der Waals surface area contributed by atoms with Crippen molar-refractivity contribution in [1.82, 2.24) is 5.06 Å². The number of hydrogen-bond acceptors (Lipinski definition) is 3. The molecule has 0 N–H and O–H groups in total. The van der Waals surface area contributed by atoms with Crippen LogP contribution in [0.2, 0.25) is 0 Å². The Balaban J connectivity index is 1.82. The van der Waals surface area contributed by atoms with Crippen LogP contribution in [0.15, 0.2) is 24.3 Å². The number of nitrogens with zero attached hydrogens (tertiary/aromatic N) is 1. The first-order chi connectivity index (χ1) is 8.29. The molecule has 4 heteroatoms. The first kappa shape index (κ1) is 11.9. The van der Waals surface area contributed by atoms with Gasteiger partial charge >= 0.3 is 0 Å². The molecule has 1 amide bonds. The topological polar surface area (TPSA) is 38.8 Å². The van der Waals surface area contributed by atoms with Crippen molar-refractivity contribution < 1.29 is 14.4 Å². The Morgan fingerprint density at radius 2 is 2.18 bits per heavy atom. The average molecular weight is 235 g/mol. The SMILES string of the molecule is COc1ccc(CCC(=O)N2CCCO2)cc1. The average Bonchev–Trinajstić information content (AvgIpc) is 2.90. The molecule has 1 aromatic carbocycles. The van der Waals surface area contributed by atoms with E-state index >= 15 is 0 Å². The van der Waals surface area contributed by atoms with Crippen molar-refractivity contribution >= 4 is 5.91 Å². The smallest absolute Gasteiger partial charge is 0.246 e. The van der Waals surface area contributed by atoms with E-state index in [9.17, 15) is 4.79 Å². The van der Waals surface area contributed by atoms with Crippen LogP contribution in [-0.4, -0.2) is 31.2 Å². The van der Waals surface area contributed by atoms with Gasteiger partial charge in [0.15, 0.2) is 0 Å². The van der Waals surface area contributed by atoms with Gasteiger partial charge < -0.3 is 4.74 Å². The maximum absolute atomic E-state index is 11.7. The monoisotopic (exact) mass is 235 g/mol. The molecule has 0 saturated carbocycles. The molecule has 4 nitrogen and oxygen atoms in total. The molecule has 0 atom stereocenters. The van der Waals surface area contributed by atoms with Crippen molar-refractivity contribution in [3.8, 4) is 5.75 Å². The summed E-state index contributed by atoms with van der Waals surface area (Å²) in [5.74, 6) is 0.904. The predicted molar refractivity (Wildman–Crippen MR) is 63.6 cm³/mol. The van der Waals surface area contributed by atoms with Crippen molar-refractivity contribution in [1.29, 1.82) is 0 Å². The van der Waals surface area contributed by atoms with Gasteiger partial charge in [-0.3, -0.25) is 9.63 Å². The lowest BCUT2D eigenvalue weighted by Gasteiger charge is -2.13. The molecule has 0 aromatic heterocycles. The summed E-state index contributed by atoms with van der Waals surface area (Å²) in [6.07, 6.45) is 2.17. The third-order valence-corrected chi connectivity index (χ3v) is 2.82. The van der Waals surface area contributed by atoms with Gasteiger partial charge in [-0.15, -0.1) is 0 Å². The molecule has 92 valence electrons. The van der Waals surface area contributed by atoms with Crippen molar-refractivity contribution in [2.24, 2.45) is 0 Å². The van der Waals surface area contributed by atoms with Crippen LogP contribution >= 0.6 is 0 Å². The molecule has 0 radical (unpaired) electrons. The van der Waals surface area contributed by atoms with Crippen molar-refractivity contribution in [2.45, 2.75) is 19.3 Å². The number of rotatable bonds is 4. The lowest BCUT2D eigenvalue weighted by molar-refractivity contribution is -0.168.